The molecule has 5 nitrogen and oxygen atoms in total. The van der Waals surface area contributed by atoms with Gasteiger partial charge in [-0.25, -0.2) is 4.39 Å². The first-order chi connectivity index (χ1) is 15.8. The summed E-state index contributed by atoms with van der Waals surface area (Å²) < 4.78 is 14.9. The minimum absolute atomic E-state index is 0.00452. The number of carbonyl (C=O) groups excluding carboxylic acids is 2. The molecule has 3 aromatic carbocycles. The van der Waals surface area contributed by atoms with E-state index < -0.39 is 17.8 Å². The van der Waals surface area contributed by atoms with Crippen LogP contribution in [0, 0.1) is 5.82 Å². The number of likely N-dealkylation sites (N-methyl/N-ethyl adjacent to an activating group) is 1. The maximum absolute atomic E-state index is 14.9. The monoisotopic (exact) mass is 481 g/mol. The van der Waals surface area contributed by atoms with E-state index in [1.807, 2.05) is 24.3 Å². The molecule has 33 heavy (non-hydrogen) atoms. The molecule has 1 unspecified atom stereocenters. The normalized spacial score (nSPS) is 17.3. The van der Waals surface area contributed by atoms with E-state index in [9.17, 15) is 14.0 Å². The minimum Gasteiger partial charge on any atom is -0.321 e. The van der Waals surface area contributed by atoms with Crippen LogP contribution < -0.4 is 10.2 Å². The largest absolute Gasteiger partial charge is 0.321 e. The van der Waals surface area contributed by atoms with Gasteiger partial charge in [-0.2, -0.15) is 0 Å². The first-order valence-electron chi connectivity index (χ1n) is 10.3. The van der Waals surface area contributed by atoms with Gasteiger partial charge in [0.05, 0.1) is 17.8 Å². The molecule has 0 aliphatic carbocycles. The zero-order valence-corrected chi connectivity index (χ0v) is 19.0. The molecule has 2 aliphatic heterocycles. The lowest BCUT2D eigenvalue weighted by molar-refractivity contribution is -0.118. The maximum Gasteiger partial charge on any atom is 0.249 e. The highest BCUT2D eigenvalue weighted by atomic mass is 35.5. The van der Waals surface area contributed by atoms with Crippen LogP contribution in [0.15, 0.2) is 59.6 Å². The van der Waals surface area contributed by atoms with Crippen LogP contribution in [0.4, 0.5) is 15.8 Å². The summed E-state index contributed by atoms with van der Waals surface area (Å²) in [6.07, 6.45) is 0.607. The summed E-state index contributed by atoms with van der Waals surface area (Å²) in [4.78, 5) is 31.6. The third kappa shape index (κ3) is 4.01. The number of rotatable bonds is 3. The molecule has 2 heterocycles. The van der Waals surface area contributed by atoms with Gasteiger partial charge >= 0.3 is 0 Å². The lowest BCUT2D eigenvalue weighted by atomic mass is 9.98. The van der Waals surface area contributed by atoms with Gasteiger partial charge in [0, 0.05) is 40.3 Å². The van der Waals surface area contributed by atoms with Gasteiger partial charge in [-0.05, 0) is 41.5 Å². The Morgan fingerprint density at radius 3 is 2.70 bits per heavy atom. The number of hydrogen-bond acceptors (Lipinski definition) is 3. The van der Waals surface area contributed by atoms with Gasteiger partial charge in [0.15, 0.2) is 0 Å². The quantitative estimate of drug-likeness (QED) is 0.568. The molecular formula is C25H18Cl2FN3O2. The Morgan fingerprint density at radius 2 is 1.91 bits per heavy atom. The topological polar surface area (TPSA) is 61.8 Å². The van der Waals surface area contributed by atoms with Crippen molar-refractivity contribution in [2.75, 3.05) is 17.3 Å². The van der Waals surface area contributed by atoms with Gasteiger partial charge in [-0.3, -0.25) is 14.6 Å². The van der Waals surface area contributed by atoms with E-state index in [0.29, 0.717) is 28.3 Å². The van der Waals surface area contributed by atoms with Crippen molar-refractivity contribution >= 4 is 52.1 Å². The predicted octanol–water partition coefficient (Wildman–Crippen LogP) is 5.05. The van der Waals surface area contributed by atoms with Crippen molar-refractivity contribution in [3.8, 4) is 0 Å². The summed E-state index contributed by atoms with van der Waals surface area (Å²) in [6.45, 7) is 0. The van der Waals surface area contributed by atoms with Crippen LogP contribution in [0.25, 0.3) is 0 Å². The second kappa shape index (κ2) is 8.28. The van der Waals surface area contributed by atoms with Gasteiger partial charge in [-0.15, -0.1) is 0 Å². The summed E-state index contributed by atoms with van der Waals surface area (Å²) in [7, 11) is 1.71. The molecule has 1 atom stereocenters. The highest BCUT2D eigenvalue weighted by Gasteiger charge is 2.30. The molecule has 1 N–H and O–H groups in total. The SMILES string of the molecule is CN1C(=O)Cc2ccc(C3=NC(Cc4cccc(Cl)c4)C(=O)Nc4c(F)cc(Cl)cc43)cc21. The molecule has 0 fully saturated rings. The number of nitrogens with one attached hydrogen (secondary N) is 1. The molecule has 166 valence electrons. The number of anilines is 2. The first kappa shape index (κ1) is 21.6. The standard InChI is InChI=1S/C25H18Cl2FN3O2/c1-31-21-9-15(6-5-14(21)10-22(31)32)23-18-11-17(27)12-19(28)24(18)30-25(33)20(29-23)8-13-3-2-4-16(26)7-13/h2-7,9,11-12,20H,8,10H2,1H3,(H,30,33). The number of nitrogens with zero attached hydrogens (tertiary/aromatic N) is 2. The summed E-state index contributed by atoms with van der Waals surface area (Å²) in [5.41, 5.74) is 3.99. The van der Waals surface area contributed by atoms with Crippen LogP contribution in [0.3, 0.4) is 0 Å². The molecule has 0 saturated heterocycles. The molecule has 0 spiro atoms. The van der Waals surface area contributed by atoms with Gasteiger partial charge < -0.3 is 10.2 Å². The molecule has 2 amide bonds. The van der Waals surface area contributed by atoms with Crippen molar-refractivity contribution in [3.05, 3.63) is 92.7 Å². The van der Waals surface area contributed by atoms with Crippen LogP contribution in [0.1, 0.15) is 22.3 Å². The summed E-state index contributed by atoms with van der Waals surface area (Å²) in [5, 5.41) is 3.43. The fourth-order valence-electron chi connectivity index (χ4n) is 4.22. The Balaban J connectivity index is 1.66. The Bertz CT molecular complexity index is 1360. The van der Waals surface area contributed by atoms with E-state index in [0.717, 1.165) is 22.9 Å². The fraction of sp³-hybridized carbons (Fsp3) is 0.160. The van der Waals surface area contributed by atoms with E-state index in [1.165, 1.54) is 0 Å². The summed E-state index contributed by atoms with van der Waals surface area (Å²) in [6, 6.07) is 14.6. The number of benzene rings is 3. The lowest BCUT2D eigenvalue weighted by Crippen LogP contribution is -2.28. The number of amides is 2. The van der Waals surface area contributed by atoms with Gasteiger partial charge in [0.25, 0.3) is 0 Å². The van der Waals surface area contributed by atoms with Crippen molar-refractivity contribution in [1.29, 1.82) is 0 Å². The average Bonchev–Trinajstić information content (AvgIpc) is 2.97. The molecule has 8 heteroatoms. The fourth-order valence-corrected chi connectivity index (χ4v) is 4.64. The third-order valence-electron chi connectivity index (χ3n) is 5.90. The molecule has 0 aromatic heterocycles. The van der Waals surface area contributed by atoms with E-state index in [1.54, 1.807) is 36.2 Å². The Labute approximate surface area is 199 Å². The van der Waals surface area contributed by atoms with Crippen molar-refractivity contribution < 1.29 is 14.0 Å². The van der Waals surface area contributed by atoms with Gasteiger partial charge in [-0.1, -0.05) is 47.5 Å². The molecule has 0 bridgehead atoms. The second-order valence-corrected chi connectivity index (χ2v) is 8.97. The Morgan fingerprint density at radius 1 is 1.09 bits per heavy atom. The van der Waals surface area contributed by atoms with Crippen LogP contribution in [-0.4, -0.2) is 30.6 Å². The highest BCUT2D eigenvalue weighted by Crippen LogP contribution is 2.34. The number of hydrogen-bond donors (Lipinski definition) is 1. The van der Waals surface area contributed by atoms with E-state index in [4.69, 9.17) is 28.2 Å². The molecule has 0 radical (unpaired) electrons. The highest BCUT2D eigenvalue weighted by molar-refractivity contribution is 6.32. The molecule has 0 saturated carbocycles. The first-order valence-corrected chi connectivity index (χ1v) is 11.1. The minimum atomic E-state index is -0.823. The van der Waals surface area contributed by atoms with Crippen LogP contribution in [0.5, 0.6) is 0 Å². The van der Waals surface area contributed by atoms with Crippen LogP contribution >= 0.6 is 23.2 Å². The number of benzodiazepines with no additional fused rings is 1. The average molecular weight is 482 g/mol. The summed E-state index contributed by atoms with van der Waals surface area (Å²) in [5.74, 6) is -1.08. The van der Waals surface area contributed by atoms with E-state index in [-0.39, 0.29) is 23.0 Å². The number of halogens is 3. The maximum atomic E-state index is 14.9. The predicted molar refractivity (Wildman–Crippen MR) is 128 cm³/mol. The van der Waals surface area contributed by atoms with Crippen molar-refractivity contribution in [2.24, 2.45) is 4.99 Å². The molecule has 2 aliphatic rings. The number of fused-ring (bicyclic) bond motifs is 2. The lowest BCUT2D eigenvalue weighted by Gasteiger charge is -2.15. The second-order valence-electron chi connectivity index (χ2n) is 8.10. The van der Waals surface area contributed by atoms with Crippen LogP contribution in [-0.2, 0) is 22.4 Å². The van der Waals surface area contributed by atoms with Crippen molar-refractivity contribution in [3.63, 3.8) is 0 Å². The van der Waals surface area contributed by atoms with Crippen LogP contribution in [0.2, 0.25) is 10.0 Å². The summed E-state index contributed by atoms with van der Waals surface area (Å²) >= 11 is 12.3. The smallest absolute Gasteiger partial charge is 0.249 e. The zero-order chi connectivity index (χ0) is 23.3. The molecular weight excluding hydrogens is 464 g/mol. The number of aliphatic imine (C=N–C) groups is 1. The molecule has 5 rings (SSSR count). The van der Waals surface area contributed by atoms with E-state index >= 15 is 0 Å². The number of carbonyl (C=O) groups is 2. The van der Waals surface area contributed by atoms with E-state index in [2.05, 4.69) is 5.32 Å². The van der Waals surface area contributed by atoms with Gasteiger partial charge in [0.1, 0.15) is 11.9 Å². The Hall–Kier alpha value is -3.22. The third-order valence-corrected chi connectivity index (χ3v) is 6.35. The Kier molecular flexibility index (Phi) is 5.43. The van der Waals surface area contributed by atoms with Crippen molar-refractivity contribution in [2.45, 2.75) is 18.9 Å². The van der Waals surface area contributed by atoms with Crippen molar-refractivity contribution in [1.82, 2.24) is 0 Å². The molecule has 3 aromatic rings. The zero-order valence-electron chi connectivity index (χ0n) is 17.5. The van der Waals surface area contributed by atoms with Gasteiger partial charge in [0.2, 0.25) is 11.8 Å².